The minimum atomic E-state index is -0.753. The fourth-order valence-corrected chi connectivity index (χ4v) is 2.70. The Morgan fingerprint density at radius 1 is 1.50 bits per heavy atom. The first-order valence-electron chi connectivity index (χ1n) is 7.21. The molecule has 1 aliphatic rings. The van der Waals surface area contributed by atoms with Gasteiger partial charge in [-0.2, -0.15) is 0 Å². The van der Waals surface area contributed by atoms with E-state index >= 15 is 0 Å². The van der Waals surface area contributed by atoms with Gasteiger partial charge < -0.3 is 15.2 Å². The van der Waals surface area contributed by atoms with Gasteiger partial charge in [-0.3, -0.25) is 14.5 Å². The SMILES string of the molecule is CCC1(C(=O)O)CCCN(C(C)C(=O)NCCOC)C1. The molecular weight excluding hydrogens is 260 g/mol. The highest BCUT2D eigenvalue weighted by atomic mass is 16.5. The van der Waals surface area contributed by atoms with Crippen LogP contribution in [0.2, 0.25) is 0 Å². The number of rotatable bonds is 7. The summed E-state index contributed by atoms with van der Waals surface area (Å²) in [5.74, 6) is -0.823. The molecule has 0 saturated carbocycles. The Balaban J connectivity index is 2.61. The van der Waals surface area contributed by atoms with Gasteiger partial charge in [0, 0.05) is 20.2 Å². The standard InChI is InChI=1S/C14H26N2O4/c1-4-14(13(18)19)6-5-8-16(10-14)11(2)12(17)15-7-9-20-3/h11H,4-10H2,1-3H3,(H,15,17)(H,18,19). The molecule has 1 amide bonds. The topological polar surface area (TPSA) is 78.9 Å². The van der Waals surface area contributed by atoms with Crippen molar-refractivity contribution in [2.75, 3.05) is 33.4 Å². The predicted molar refractivity (Wildman–Crippen MR) is 75.5 cm³/mol. The minimum absolute atomic E-state index is 0.0701. The zero-order valence-electron chi connectivity index (χ0n) is 12.6. The lowest BCUT2D eigenvalue weighted by molar-refractivity contribution is -0.154. The number of carboxylic acid groups (broad SMARTS) is 1. The Morgan fingerprint density at radius 2 is 2.20 bits per heavy atom. The average molecular weight is 286 g/mol. The number of ether oxygens (including phenoxy) is 1. The summed E-state index contributed by atoms with van der Waals surface area (Å²) in [6.45, 7) is 5.90. The molecule has 6 nitrogen and oxygen atoms in total. The van der Waals surface area contributed by atoms with E-state index in [1.807, 2.05) is 18.7 Å². The van der Waals surface area contributed by atoms with Crippen molar-refractivity contribution >= 4 is 11.9 Å². The van der Waals surface area contributed by atoms with Crippen LogP contribution in [0.15, 0.2) is 0 Å². The van der Waals surface area contributed by atoms with Gasteiger partial charge in [-0.15, -0.1) is 0 Å². The quantitative estimate of drug-likeness (QED) is 0.674. The van der Waals surface area contributed by atoms with Gasteiger partial charge in [0.2, 0.25) is 5.91 Å². The lowest BCUT2D eigenvalue weighted by atomic mass is 9.77. The van der Waals surface area contributed by atoms with Gasteiger partial charge in [-0.25, -0.2) is 0 Å². The summed E-state index contributed by atoms with van der Waals surface area (Å²) in [5.41, 5.74) is -0.709. The molecule has 1 saturated heterocycles. The second kappa shape index (κ2) is 7.59. The number of piperidine rings is 1. The zero-order chi connectivity index (χ0) is 15.2. The van der Waals surface area contributed by atoms with Crippen molar-refractivity contribution in [3.8, 4) is 0 Å². The molecular formula is C14H26N2O4. The van der Waals surface area contributed by atoms with E-state index in [0.29, 0.717) is 32.5 Å². The van der Waals surface area contributed by atoms with Crippen molar-refractivity contribution in [1.82, 2.24) is 10.2 Å². The molecule has 2 atom stereocenters. The van der Waals surface area contributed by atoms with Crippen molar-refractivity contribution in [2.24, 2.45) is 5.41 Å². The van der Waals surface area contributed by atoms with Gasteiger partial charge >= 0.3 is 5.97 Å². The summed E-state index contributed by atoms with van der Waals surface area (Å²) < 4.78 is 4.89. The van der Waals surface area contributed by atoms with E-state index in [1.54, 1.807) is 7.11 Å². The Morgan fingerprint density at radius 3 is 2.75 bits per heavy atom. The molecule has 1 aliphatic heterocycles. The van der Waals surface area contributed by atoms with Crippen LogP contribution in [0.4, 0.5) is 0 Å². The molecule has 116 valence electrons. The molecule has 0 bridgehead atoms. The van der Waals surface area contributed by atoms with Crippen molar-refractivity contribution in [2.45, 2.75) is 39.2 Å². The molecule has 0 aromatic carbocycles. The summed E-state index contributed by atoms with van der Waals surface area (Å²) >= 11 is 0. The molecule has 1 heterocycles. The van der Waals surface area contributed by atoms with Gasteiger partial charge in [0.25, 0.3) is 0 Å². The molecule has 1 rings (SSSR count). The molecule has 0 radical (unpaired) electrons. The monoisotopic (exact) mass is 286 g/mol. The molecule has 1 fully saturated rings. The van der Waals surface area contributed by atoms with E-state index in [9.17, 15) is 14.7 Å². The van der Waals surface area contributed by atoms with E-state index in [2.05, 4.69) is 5.32 Å². The molecule has 20 heavy (non-hydrogen) atoms. The van der Waals surface area contributed by atoms with Gasteiger partial charge in [0.15, 0.2) is 0 Å². The highest BCUT2D eigenvalue weighted by Crippen LogP contribution is 2.34. The number of nitrogens with one attached hydrogen (secondary N) is 1. The second-order valence-corrected chi connectivity index (χ2v) is 5.47. The first-order valence-corrected chi connectivity index (χ1v) is 7.21. The van der Waals surface area contributed by atoms with Crippen LogP contribution in [0.1, 0.15) is 33.1 Å². The lowest BCUT2D eigenvalue weighted by Gasteiger charge is -2.41. The number of carbonyl (C=O) groups excluding carboxylic acids is 1. The van der Waals surface area contributed by atoms with Gasteiger partial charge in [0.1, 0.15) is 0 Å². The smallest absolute Gasteiger partial charge is 0.310 e. The third-order valence-corrected chi connectivity index (χ3v) is 4.27. The fourth-order valence-electron chi connectivity index (χ4n) is 2.70. The van der Waals surface area contributed by atoms with Crippen molar-refractivity contribution < 1.29 is 19.4 Å². The highest BCUT2D eigenvalue weighted by Gasteiger charge is 2.42. The largest absolute Gasteiger partial charge is 0.481 e. The molecule has 6 heteroatoms. The molecule has 0 aromatic heterocycles. The zero-order valence-corrected chi connectivity index (χ0v) is 12.6. The summed E-state index contributed by atoms with van der Waals surface area (Å²) in [6, 6.07) is -0.308. The van der Waals surface area contributed by atoms with Crippen LogP contribution in [0.5, 0.6) is 0 Å². The summed E-state index contributed by atoms with van der Waals surface area (Å²) in [5, 5.41) is 12.3. The Bertz CT molecular complexity index is 348. The van der Waals surface area contributed by atoms with Crippen LogP contribution in [-0.2, 0) is 14.3 Å². The summed E-state index contributed by atoms with van der Waals surface area (Å²) in [4.78, 5) is 25.5. The minimum Gasteiger partial charge on any atom is -0.481 e. The number of hydrogen-bond acceptors (Lipinski definition) is 4. The van der Waals surface area contributed by atoms with E-state index in [4.69, 9.17) is 4.74 Å². The maximum Gasteiger partial charge on any atom is 0.310 e. The number of nitrogens with zero attached hydrogens (tertiary/aromatic N) is 1. The van der Waals surface area contributed by atoms with Gasteiger partial charge in [0.05, 0.1) is 18.1 Å². The Kier molecular flexibility index (Phi) is 6.42. The van der Waals surface area contributed by atoms with Crippen LogP contribution >= 0.6 is 0 Å². The van der Waals surface area contributed by atoms with Crippen LogP contribution < -0.4 is 5.32 Å². The number of methoxy groups -OCH3 is 1. The molecule has 0 aromatic rings. The molecule has 2 N–H and O–H groups in total. The summed E-state index contributed by atoms with van der Waals surface area (Å²) in [6.07, 6.45) is 2.10. The van der Waals surface area contributed by atoms with Crippen molar-refractivity contribution in [1.29, 1.82) is 0 Å². The van der Waals surface area contributed by atoms with Crippen molar-refractivity contribution in [3.63, 3.8) is 0 Å². The first-order chi connectivity index (χ1) is 9.46. The van der Waals surface area contributed by atoms with E-state index < -0.39 is 11.4 Å². The van der Waals surface area contributed by atoms with Crippen LogP contribution in [0.25, 0.3) is 0 Å². The summed E-state index contributed by atoms with van der Waals surface area (Å²) in [7, 11) is 1.59. The highest BCUT2D eigenvalue weighted by molar-refractivity contribution is 5.81. The van der Waals surface area contributed by atoms with Crippen LogP contribution in [-0.4, -0.2) is 61.3 Å². The number of carbonyl (C=O) groups is 2. The number of amides is 1. The fraction of sp³-hybridized carbons (Fsp3) is 0.857. The van der Waals surface area contributed by atoms with E-state index in [-0.39, 0.29) is 11.9 Å². The lowest BCUT2D eigenvalue weighted by Crippen LogP contribution is -2.54. The third kappa shape index (κ3) is 3.93. The Labute approximate surface area is 120 Å². The normalized spacial score (nSPS) is 25.1. The molecule has 0 spiro atoms. The third-order valence-electron chi connectivity index (χ3n) is 4.27. The van der Waals surface area contributed by atoms with E-state index in [0.717, 1.165) is 13.0 Å². The number of aliphatic carboxylic acids is 1. The number of likely N-dealkylation sites (tertiary alicyclic amines) is 1. The maximum absolute atomic E-state index is 12.0. The number of hydrogen-bond donors (Lipinski definition) is 2. The number of carboxylic acids is 1. The second-order valence-electron chi connectivity index (χ2n) is 5.47. The Hall–Kier alpha value is -1.14. The molecule has 2 unspecified atom stereocenters. The van der Waals surface area contributed by atoms with Crippen LogP contribution in [0.3, 0.4) is 0 Å². The predicted octanol–water partition coefficient (Wildman–Crippen LogP) is 0.714. The van der Waals surface area contributed by atoms with Crippen molar-refractivity contribution in [3.05, 3.63) is 0 Å². The average Bonchev–Trinajstić information content (AvgIpc) is 2.46. The first kappa shape index (κ1) is 16.9. The maximum atomic E-state index is 12.0. The van der Waals surface area contributed by atoms with Crippen LogP contribution in [0, 0.1) is 5.41 Å². The van der Waals surface area contributed by atoms with Gasteiger partial charge in [-0.1, -0.05) is 6.92 Å². The molecule has 0 aliphatic carbocycles. The van der Waals surface area contributed by atoms with E-state index in [1.165, 1.54) is 0 Å². The van der Waals surface area contributed by atoms with Gasteiger partial charge in [-0.05, 0) is 32.7 Å².